The summed E-state index contributed by atoms with van der Waals surface area (Å²) in [7, 11) is 1.26. The summed E-state index contributed by atoms with van der Waals surface area (Å²) >= 11 is 0. The van der Waals surface area contributed by atoms with Crippen molar-refractivity contribution < 1.29 is 37.9 Å². The van der Waals surface area contributed by atoms with Crippen LogP contribution < -0.4 is 20.3 Å². The summed E-state index contributed by atoms with van der Waals surface area (Å²) in [5.74, 6) is 0.470. The number of amides is 1. The molecule has 6 rings (SSSR count). The maximum atomic E-state index is 13.9. The predicted octanol–water partition coefficient (Wildman–Crippen LogP) is 8.26. The first-order valence-electron chi connectivity index (χ1n) is 22.6. The number of nitrogens with one attached hydrogen (secondary N) is 2. The average Bonchev–Trinajstić information content (AvgIpc) is 3.89. The maximum absolute atomic E-state index is 13.9. The van der Waals surface area contributed by atoms with Crippen LogP contribution in [0.5, 0.6) is 11.5 Å². The van der Waals surface area contributed by atoms with E-state index in [-0.39, 0.29) is 48.1 Å². The number of nitriles is 1. The van der Waals surface area contributed by atoms with Crippen LogP contribution in [0.15, 0.2) is 90.0 Å². The molecule has 3 N–H and O–H groups in total. The number of aliphatic hydroxyl groups is 1. The van der Waals surface area contributed by atoms with Crippen LogP contribution in [-0.2, 0) is 28.7 Å². The molecule has 3 heterocycles. The fraction of sp³-hybridized carbons (Fsp3) is 0.490. The zero-order valence-corrected chi connectivity index (χ0v) is 40.2. The van der Waals surface area contributed by atoms with Crippen LogP contribution in [0.1, 0.15) is 97.1 Å². The Morgan fingerprint density at radius 2 is 1.53 bits per heavy atom. The Morgan fingerprint density at radius 1 is 0.924 bits per heavy atom. The van der Waals surface area contributed by atoms with Gasteiger partial charge < -0.3 is 33.1 Å². The Kier molecular flexibility index (Phi) is 17.5. The second-order valence-corrected chi connectivity index (χ2v) is 18.5. The van der Waals surface area contributed by atoms with Crippen molar-refractivity contribution in [1.82, 2.24) is 24.2 Å². The van der Waals surface area contributed by atoms with Crippen LogP contribution in [0.2, 0.25) is 0 Å². The number of rotatable bonds is 23. The van der Waals surface area contributed by atoms with Gasteiger partial charge in [-0.2, -0.15) is 10.2 Å². The van der Waals surface area contributed by atoms with Crippen molar-refractivity contribution in [2.24, 2.45) is 5.92 Å². The Bertz CT molecular complexity index is 2370. The van der Waals surface area contributed by atoms with E-state index in [9.17, 15) is 20.0 Å². The lowest BCUT2D eigenvalue weighted by Gasteiger charge is -2.44. The normalized spacial score (nSPS) is 18.6. The highest BCUT2D eigenvalue weighted by molar-refractivity contribution is 7.44. The molecule has 1 amide bonds. The van der Waals surface area contributed by atoms with E-state index in [1.807, 2.05) is 78.9 Å². The fourth-order valence-corrected chi connectivity index (χ4v) is 10.3. The molecule has 0 bridgehead atoms. The summed E-state index contributed by atoms with van der Waals surface area (Å²) in [6, 6.07) is 27.0. The highest BCUT2D eigenvalue weighted by Crippen LogP contribution is 2.54. The molecule has 1 fully saturated rings. The van der Waals surface area contributed by atoms with Gasteiger partial charge in [-0.3, -0.25) is 24.5 Å². The number of aromatic amines is 1. The third-order valence-corrected chi connectivity index (χ3v) is 13.8. The number of anilines is 1. The number of hydrogen-bond acceptors (Lipinski definition) is 13. The van der Waals surface area contributed by atoms with Crippen molar-refractivity contribution >= 4 is 31.5 Å². The molecule has 2 aromatic heterocycles. The highest BCUT2D eigenvalue weighted by atomic mass is 31.2. The van der Waals surface area contributed by atoms with E-state index in [4.69, 9.17) is 33.0 Å². The molecule has 2 unspecified atom stereocenters. The Hall–Kier alpha value is -5.24. The first-order valence-corrected chi connectivity index (χ1v) is 23.8. The first kappa shape index (κ1) is 50.2. The van der Waals surface area contributed by atoms with Gasteiger partial charge >= 0.3 is 0 Å². The number of carbonyl (C=O) groups excluding carboxylic acids is 1. The molecular weight excluding hydrogens is 862 g/mol. The van der Waals surface area contributed by atoms with Crippen molar-refractivity contribution in [2.45, 2.75) is 122 Å². The van der Waals surface area contributed by atoms with Gasteiger partial charge in [0.05, 0.1) is 45.1 Å². The van der Waals surface area contributed by atoms with Gasteiger partial charge in [0.15, 0.2) is 17.4 Å². The SMILES string of the molecule is CCCCCO[C@@H]1[C@H](OP(OCCC#N)N(C(C)C)C(C)C)[C@@H](C(O)C(c2ccccc2)(c2ccc(OC)cc2)c2ccc(OC)cc2)O[C@H]1n1cnc2c(=O)[nH]c(NC(=O)C(C)C)nc21. The molecule has 1 saturated heterocycles. The summed E-state index contributed by atoms with van der Waals surface area (Å²) in [4.78, 5) is 38.3. The number of benzene rings is 3. The van der Waals surface area contributed by atoms with E-state index >= 15 is 0 Å². The maximum Gasteiger partial charge on any atom is 0.280 e. The van der Waals surface area contributed by atoms with Gasteiger partial charge in [0.2, 0.25) is 11.9 Å². The van der Waals surface area contributed by atoms with Gasteiger partial charge in [-0.1, -0.05) is 88.2 Å². The summed E-state index contributed by atoms with van der Waals surface area (Å²) in [6.07, 6.45) is -1.60. The fourth-order valence-electron chi connectivity index (χ4n) is 8.51. The van der Waals surface area contributed by atoms with E-state index in [0.29, 0.717) is 18.1 Å². The Morgan fingerprint density at radius 3 is 2.08 bits per heavy atom. The number of aromatic nitrogens is 4. The molecule has 0 spiro atoms. The van der Waals surface area contributed by atoms with Gasteiger partial charge in [0, 0.05) is 24.6 Å². The number of ether oxygens (including phenoxy) is 4. The van der Waals surface area contributed by atoms with E-state index in [1.165, 1.54) is 6.33 Å². The lowest BCUT2D eigenvalue weighted by molar-refractivity contribution is -0.118. The highest BCUT2D eigenvalue weighted by Gasteiger charge is 2.58. The number of fused-ring (bicyclic) bond motifs is 1. The Labute approximate surface area is 388 Å². The monoisotopic (exact) mass is 925 g/mol. The third-order valence-electron chi connectivity index (χ3n) is 11.7. The van der Waals surface area contributed by atoms with E-state index < -0.39 is 56.1 Å². The van der Waals surface area contributed by atoms with Crippen molar-refractivity contribution in [1.29, 1.82) is 5.26 Å². The zero-order valence-electron chi connectivity index (χ0n) is 39.3. The van der Waals surface area contributed by atoms with Gasteiger partial charge in [0.25, 0.3) is 14.1 Å². The second-order valence-electron chi connectivity index (χ2n) is 17.1. The van der Waals surface area contributed by atoms with Gasteiger partial charge in [0.1, 0.15) is 35.9 Å². The molecule has 5 aromatic rings. The number of aliphatic hydroxyl groups excluding tert-OH is 1. The summed E-state index contributed by atoms with van der Waals surface area (Å²) < 4.78 is 43.0. The minimum absolute atomic E-state index is 0.00956. The van der Waals surface area contributed by atoms with Crippen LogP contribution in [0.25, 0.3) is 11.2 Å². The van der Waals surface area contributed by atoms with Crippen LogP contribution in [0.4, 0.5) is 5.95 Å². The summed E-state index contributed by atoms with van der Waals surface area (Å²) in [5, 5.41) is 26.2. The van der Waals surface area contributed by atoms with E-state index in [2.05, 4.69) is 60.6 Å². The van der Waals surface area contributed by atoms with Gasteiger partial charge in [-0.15, -0.1) is 0 Å². The molecule has 6 atom stereocenters. The summed E-state index contributed by atoms with van der Waals surface area (Å²) in [5.41, 5.74) is 0.417. The molecule has 3 aromatic carbocycles. The van der Waals surface area contributed by atoms with Gasteiger partial charge in [-0.25, -0.2) is 9.65 Å². The van der Waals surface area contributed by atoms with Crippen molar-refractivity contribution in [3.63, 3.8) is 0 Å². The van der Waals surface area contributed by atoms with Crippen LogP contribution in [-0.4, -0.2) is 99.1 Å². The molecule has 0 aliphatic carbocycles. The number of unbranched alkanes of at least 4 members (excludes halogenated alkanes) is 2. The number of H-pyrrole nitrogens is 1. The molecule has 0 saturated carbocycles. The molecule has 17 heteroatoms. The molecule has 354 valence electrons. The van der Waals surface area contributed by atoms with Crippen LogP contribution in [0, 0.1) is 17.2 Å². The standard InChI is InChI=1S/C49H64N7O9P/c1-10-11-15-28-62-42-40(65-66(63-29-16-27-50)56(32(4)5)33(6)7)41(64-47(42)55-30-51-39-44(55)52-48(54-46(39)59)53-45(58)31(2)3)43(57)49(34-17-13-12-14-18-34,35-19-23-37(60-8)24-20-35)36-21-25-38(61-9)26-22-36/h12-14,17-26,30-33,40-43,47,57H,10-11,15-16,28-29H2,1-9H3,(H2,52,53,54,58,59)/t40-,41+,42-,43?,47-,66?/m1/s1. The van der Waals surface area contributed by atoms with Crippen molar-refractivity contribution in [2.75, 3.05) is 32.8 Å². The molecule has 66 heavy (non-hydrogen) atoms. The van der Waals surface area contributed by atoms with Crippen LogP contribution in [0.3, 0.4) is 0 Å². The smallest absolute Gasteiger partial charge is 0.280 e. The molecule has 1 aliphatic rings. The topological polar surface area (TPSA) is 195 Å². The number of methoxy groups -OCH3 is 2. The molecular formula is C49H64N7O9P. The summed E-state index contributed by atoms with van der Waals surface area (Å²) in [6.45, 7) is 14.2. The van der Waals surface area contributed by atoms with Crippen molar-refractivity contribution in [3.8, 4) is 17.6 Å². The first-order chi connectivity index (χ1) is 31.8. The molecule has 16 nitrogen and oxygen atoms in total. The minimum atomic E-state index is -1.94. The number of hydrogen-bond donors (Lipinski definition) is 3. The third kappa shape index (κ3) is 10.8. The van der Waals surface area contributed by atoms with Gasteiger partial charge in [-0.05, 0) is 75.1 Å². The second kappa shape index (κ2) is 23.0. The predicted molar refractivity (Wildman–Crippen MR) is 253 cm³/mol. The Balaban J connectivity index is 1.64. The number of imidazole rings is 1. The van der Waals surface area contributed by atoms with Crippen molar-refractivity contribution in [3.05, 3.63) is 112 Å². The van der Waals surface area contributed by atoms with E-state index in [1.54, 1.807) is 32.6 Å². The molecule has 0 radical (unpaired) electrons. The minimum Gasteiger partial charge on any atom is -0.497 e. The van der Waals surface area contributed by atoms with E-state index in [0.717, 1.165) is 36.0 Å². The lowest BCUT2D eigenvalue weighted by Crippen LogP contribution is -2.53. The number of carbonyl (C=O) groups is 1. The quantitative estimate of drug-likeness (QED) is 0.0322. The average molecular weight is 926 g/mol. The largest absolute Gasteiger partial charge is 0.497 e. The zero-order chi connectivity index (χ0) is 47.5. The number of nitrogens with zero attached hydrogens (tertiary/aromatic N) is 5. The molecule has 1 aliphatic heterocycles. The lowest BCUT2D eigenvalue weighted by atomic mass is 9.64. The van der Waals surface area contributed by atoms with Crippen LogP contribution >= 0.6 is 8.53 Å².